The molecule has 7 heteroatoms. The summed E-state index contributed by atoms with van der Waals surface area (Å²) in [5.41, 5.74) is 2.44. The number of halogens is 1. The van der Waals surface area contributed by atoms with E-state index in [9.17, 15) is 4.79 Å². The molecule has 3 aromatic rings. The number of nitrogens with one attached hydrogen (secondary N) is 2. The number of ether oxygens (including phenoxy) is 3. The summed E-state index contributed by atoms with van der Waals surface area (Å²) in [7, 11) is 1.55. The van der Waals surface area contributed by atoms with Crippen molar-refractivity contribution in [1.82, 2.24) is 5.32 Å². The lowest BCUT2D eigenvalue weighted by molar-refractivity contribution is -0.118. The summed E-state index contributed by atoms with van der Waals surface area (Å²) in [5.74, 6) is 1.80. The molecule has 1 amide bonds. The molecule has 1 unspecified atom stereocenters. The minimum Gasteiger partial charge on any atom is -0.495 e. The highest BCUT2D eigenvalue weighted by atomic mass is 35.5. The van der Waals surface area contributed by atoms with Crippen molar-refractivity contribution in [2.24, 2.45) is 0 Å². The van der Waals surface area contributed by atoms with E-state index >= 15 is 0 Å². The van der Waals surface area contributed by atoms with Gasteiger partial charge in [0.15, 0.2) is 11.5 Å². The zero-order valence-electron chi connectivity index (χ0n) is 16.4. The number of amides is 1. The number of rotatable bonds is 7. The predicted molar refractivity (Wildman–Crippen MR) is 115 cm³/mol. The maximum atomic E-state index is 13.1. The standard InChI is InChI=1S/C23H21ClN2O4/c1-28-19-10-8-17(12-18(19)24)26-23(27)22(16-5-3-2-4-6-16)25-13-15-7-9-20-21(11-15)30-14-29-20/h2-12,22,25H,13-14H2,1H3,(H,26,27). The Kier molecular flexibility index (Phi) is 6.07. The number of hydrogen-bond acceptors (Lipinski definition) is 5. The van der Waals surface area contributed by atoms with Gasteiger partial charge < -0.3 is 19.5 Å². The lowest BCUT2D eigenvalue weighted by Gasteiger charge is -2.19. The molecule has 0 radical (unpaired) electrons. The maximum absolute atomic E-state index is 13.1. The van der Waals surface area contributed by atoms with Gasteiger partial charge in [0.2, 0.25) is 12.7 Å². The molecule has 0 aliphatic carbocycles. The smallest absolute Gasteiger partial charge is 0.246 e. The van der Waals surface area contributed by atoms with Crippen LogP contribution in [0.5, 0.6) is 17.2 Å². The van der Waals surface area contributed by atoms with Crippen LogP contribution in [0.2, 0.25) is 5.02 Å². The van der Waals surface area contributed by atoms with Gasteiger partial charge >= 0.3 is 0 Å². The molecule has 0 aromatic heterocycles. The minimum atomic E-state index is -0.558. The number of carbonyl (C=O) groups is 1. The van der Waals surface area contributed by atoms with Crippen molar-refractivity contribution in [1.29, 1.82) is 0 Å². The Labute approximate surface area is 179 Å². The molecule has 30 heavy (non-hydrogen) atoms. The van der Waals surface area contributed by atoms with E-state index in [1.807, 2.05) is 48.5 Å². The molecule has 0 spiro atoms. The average molecular weight is 425 g/mol. The van der Waals surface area contributed by atoms with Crippen LogP contribution in [-0.2, 0) is 11.3 Å². The lowest BCUT2D eigenvalue weighted by Crippen LogP contribution is -2.32. The van der Waals surface area contributed by atoms with Crippen LogP contribution in [0.4, 0.5) is 5.69 Å². The van der Waals surface area contributed by atoms with E-state index < -0.39 is 6.04 Å². The zero-order valence-corrected chi connectivity index (χ0v) is 17.1. The lowest BCUT2D eigenvalue weighted by atomic mass is 10.1. The summed E-state index contributed by atoms with van der Waals surface area (Å²) in [4.78, 5) is 13.1. The Morgan fingerprint density at radius 1 is 1.07 bits per heavy atom. The first kappa shape index (κ1) is 20.1. The normalized spacial score (nSPS) is 13.0. The fourth-order valence-electron chi connectivity index (χ4n) is 3.24. The number of hydrogen-bond donors (Lipinski definition) is 2. The number of carbonyl (C=O) groups excluding carboxylic acids is 1. The highest BCUT2D eigenvalue weighted by molar-refractivity contribution is 6.32. The van der Waals surface area contributed by atoms with Crippen molar-refractivity contribution in [3.8, 4) is 17.2 Å². The van der Waals surface area contributed by atoms with Crippen molar-refractivity contribution in [3.05, 3.63) is 82.9 Å². The second-order valence-electron chi connectivity index (χ2n) is 6.75. The fourth-order valence-corrected chi connectivity index (χ4v) is 3.49. The molecular weight excluding hydrogens is 404 g/mol. The molecule has 154 valence electrons. The number of anilines is 1. The molecule has 0 bridgehead atoms. The van der Waals surface area contributed by atoms with E-state index in [0.29, 0.717) is 28.8 Å². The SMILES string of the molecule is COc1ccc(NC(=O)C(NCc2ccc3c(c2)OCO3)c2ccccc2)cc1Cl. The highest BCUT2D eigenvalue weighted by Gasteiger charge is 2.21. The third-order valence-electron chi connectivity index (χ3n) is 4.76. The molecule has 6 nitrogen and oxygen atoms in total. The van der Waals surface area contributed by atoms with Crippen molar-refractivity contribution in [2.45, 2.75) is 12.6 Å². The average Bonchev–Trinajstić information content (AvgIpc) is 3.23. The van der Waals surface area contributed by atoms with Gasteiger partial charge in [0.1, 0.15) is 11.8 Å². The van der Waals surface area contributed by atoms with Crippen LogP contribution in [0, 0.1) is 0 Å². The first-order valence-corrected chi connectivity index (χ1v) is 9.83. The van der Waals surface area contributed by atoms with E-state index in [4.69, 9.17) is 25.8 Å². The van der Waals surface area contributed by atoms with Gasteiger partial charge in [0.25, 0.3) is 0 Å². The van der Waals surface area contributed by atoms with Crippen LogP contribution < -0.4 is 24.8 Å². The van der Waals surface area contributed by atoms with E-state index in [2.05, 4.69) is 10.6 Å². The van der Waals surface area contributed by atoms with Crippen LogP contribution in [0.15, 0.2) is 66.7 Å². The van der Waals surface area contributed by atoms with E-state index in [0.717, 1.165) is 16.9 Å². The Balaban J connectivity index is 1.51. The fraction of sp³-hybridized carbons (Fsp3) is 0.174. The molecule has 4 rings (SSSR count). The van der Waals surface area contributed by atoms with Crippen molar-refractivity contribution in [3.63, 3.8) is 0 Å². The van der Waals surface area contributed by atoms with Crippen LogP contribution in [0.3, 0.4) is 0 Å². The monoisotopic (exact) mass is 424 g/mol. The maximum Gasteiger partial charge on any atom is 0.246 e. The van der Waals surface area contributed by atoms with Gasteiger partial charge in [-0.15, -0.1) is 0 Å². The second kappa shape index (κ2) is 9.07. The molecule has 3 aromatic carbocycles. The molecule has 1 atom stereocenters. The Morgan fingerprint density at radius 3 is 2.63 bits per heavy atom. The predicted octanol–water partition coefficient (Wildman–Crippen LogP) is 4.55. The van der Waals surface area contributed by atoms with Crippen LogP contribution >= 0.6 is 11.6 Å². The number of benzene rings is 3. The Morgan fingerprint density at radius 2 is 1.87 bits per heavy atom. The summed E-state index contributed by atoms with van der Waals surface area (Å²) in [6.07, 6.45) is 0. The molecule has 1 aliphatic rings. The number of methoxy groups -OCH3 is 1. The quantitative estimate of drug-likeness (QED) is 0.582. The van der Waals surface area contributed by atoms with Gasteiger partial charge in [0.05, 0.1) is 12.1 Å². The molecule has 0 saturated carbocycles. The van der Waals surface area contributed by atoms with Gasteiger partial charge in [-0.05, 0) is 41.5 Å². The summed E-state index contributed by atoms with van der Waals surface area (Å²) >= 11 is 6.18. The molecular formula is C23H21ClN2O4. The number of fused-ring (bicyclic) bond motifs is 1. The van der Waals surface area contributed by atoms with Gasteiger partial charge in [0, 0.05) is 12.2 Å². The first-order chi connectivity index (χ1) is 14.6. The molecule has 1 aliphatic heterocycles. The van der Waals surface area contributed by atoms with Crippen LogP contribution in [0.25, 0.3) is 0 Å². The van der Waals surface area contributed by atoms with E-state index in [1.165, 1.54) is 0 Å². The zero-order chi connectivity index (χ0) is 20.9. The third kappa shape index (κ3) is 4.50. The van der Waals surface area contributed by atoms with Crippen molar-refractivity contribution >= 4 is 23.2 Å². The van der Waals surface area contributed by atoms with Crippen molar-refractivity contribution in [2.75, 3.05) is 19.2 Å². The van der Waals surface area contributed by atoms with Gasteiger partial charge in [-0.25, -0.2) is 0 Å². The summed E-state index contributed by atoms with van der Waals surface area (Å²) < 4.78 is 16.0. The van der Waals surface area contributed by atoms with E-state index in [1.54, 1.807) is 25.3 Å². The molecule has 0 fully saturated rings. The Bertz CT molecular complexity index is 1040. The third-order valence-corrected chi connectivity index (χ3v) is 5.06. The first-order valence-electron chi connectivity index (χ1n) is 9.45. The van der Waals surface area contributed by atoms with E-state index in [-0.39, 0.29) is 12.7 Å². The minimum absolute atomic E-state index is 0.192. The Hall–Kier alpha value is -3.22. The van der Waals surface area contributed by atoms with Crippen molar-refractivity contribution < 1.29 is 19.0 Å². The van der Waals surface area contributed by atoms with Crippen LogP contribution in [0.1, 0.15) is 17.2 Å². The van der Waals surface area contributed by atoms with Gasteiger partial charge in [-0.2, -0.15) is 0 Å². The summed E-state index contributed by atoms with van der Waals surface area (Å²) in [5, 5.41) is 6.69. The highest BCUT2D eigenvalue weighted by Crippen LogP contribution is 2.33. The summed E-state index contributed by atoms with van der Waals surface area (Å²) in [6, 6.07) is 19.9. The molecule has 1 heterocycles. The largest absolute Gasteiger partial charge is 0.495 e. The molecule has 0 saturated heterocycles. The second-order valence-corrected chi connectivity index (χ2v) is 7.16. The topological polar surface area (TPSA) is 68.8 Å². The molecule has 2 N–H and O–H groups in total. The van der Waals surface area contributed by atoms with Gasteiger partial charge in [-0.1, -0.05) is 48.0 Å². The summed E-state index contributed by atoms with van der Waals surface area (Å²) in [6.45, 7) is 0.707. The van der Waals surface area contributed by atoms with Crippen LogP contribution in [-0.4, -0.2) is 19.8 Å². The van der Waals surface area contributed by atoms with Gasteiger partial charge in [-0.3, -0.25) is 10.1 Å².